The Hall–Kier alpha value is -3.22. The van der Waals surface area contributed by atoms with Crippen LogP contribution in [-0.4, -0.2) is 50.6 Å². The maximum atomic E-state index is 13.5. The normalized spacial score (nSPS) is 18.1. The molecule has 7 nitrogen and oxygen atoms in total. The van der Waals surface area contributed by atoms with Gasteiger partial charge in [-0.2, -0.15) is 0 Å². The van der Waals surface area contributed by atoms with Crippen LogP contribution in [0.3, 0.4) is 0 Å². The van der Waals surface area contributed by atoms with Crippen LogP contribution < -0.4 is 19.1 Å². The van der Waals surface area contributed by atoms with Crippen LogP contribution in [0.1, 0.15) is 24.8 Å². The first-order valence-corrected chi connectivity index (χ1v) is 10.5. The van der Waals surface area contributed by atoms with Crippen LogP contribution in [0.5, 0.6) is 17.2 Å². The minimum atomic E-state index is -0.365. The lowest BCUT2D eigenvalue weighted by atomic mass is 10.1. The molecule has 4 rings (SSSR count). The zero-order valence-electron chi connectivity index (χ0n) is 18.2. The number of carbonyl (C=O) groups is 2. The van der Waals surface area contributed by atoms with E-state index in [2.05, 4.69) is 0 Å². The maximum absolute atomic E-state index is 13.5. The highest BCUT2D eigenvalue weighted by molar-refractivity contribution is 6.00. The second-order valence-electron chi connectivity index (χ2n) is 7.98. The Kier molecular flexibility index (Phi) is 6.02. The second-order valence-corrected chi connectivity index (χ2v) is 7.98. The summed E-state index contributed by atoms with van der Waals surface area (Å²) in [7, 11) is 4.83. The smallest absolute Gasteiger partial charge is 0.228 e. The van der Waals surface area contributed by atoms with E-state index in [9.17, 15) is 9.59 Å². The summed E-state index contributed by atoms with van der Waals surface area (Å²) < 4.78 is 16.1. The van der Waals surface area contributed by atoms with Crippen LogP contribution in [0.15, 0.2) is 42.5 Å². The van der Waals surface area contributed by atoms with Crippen molar-refractivity contribution in [2.75, 3.05) is 32.8 Å². The fourth-order valence-corrected chi connectivity index (χ4v) is 4.10. The molecule has 2 aromatic carbocycles. The van der Waals surface area contributed by atoms with Gasteiger partial charge in [-0.05, 0) is 43.2 Å². The zero-order valence-corrected chi connectivity index (χ0v) is 18.2. The van der Waals surface area contributed by atoms with Crippen molar-refractivity contribution in [3.05, 3.63) is 48.0 Å². The van der Waals surface area contributed by atoms with E-state index in [0.29, 0.717) is 18.8 Å². The Morgan fingerprint density at radius 2 is 1.77 bits per heavy atom. The summed E-state index contributed by atoms with van der Waals surface area (Å²) in [6.45, 7) is 0.816. The summed E-state index contributed by atoms with van der Waals surface area (Å²) in [5.74, 6) is 1.74. The van der Waals surface area contributed by atoms with E-state index in [-0.39, 0.29) is 30.2 Å². The molecule has 1 atom stereocenters. The third-order valence-electron chi connectivity index (χ3n) is 5.94. The van der Waals surface area contributed by atoms with Gasteiger partial charge in [0.2, 0.25) is 11.8 Å². The Bertz CT molecular complexity index is 972. The second kappa shape index (κ2) is 8.88. The monoisotopic (exact) mass is 424 g/mol. The van der Waals surface area contributed by atoms with E-state index in [1.807, 2.05) is 47.4 Å². The van der Waals surface area contributed by atoms with Crippen molar-refractivity contribution in [1.29, 1.82) is 0 Å². The van der Waals surface area contributed by atoms with E-state index in [1.54, 1.807) is 26.2 Å². The molecule has 1 aliphatic carbocycles. The van der Waals surface area contributed by atoms with Gasteiger partial charge in [-0.3, -0.25) is 9.59 Å². The standard InChI is InChI=1S/C24H28N2O5/c1-29-20-6-4-5-19(13-20)25-15-17(12-23(25)27)24(28)26(18-7-8-18)14-16-11-21(30-2)9-10-22(16)31-3/h4-6,9-11,13,17-18H,7-8,12,14-15H2,1-3H3. The third-order valence-corrected chi connectivity index (χ3v) is 5.94. The molecule has 1 aliphatic heterocycles. The van der Waals surface area contributed by atoms with Gasteiger partial charge in [0.25, 0.3) is 0 Å². The fourth-order valence-electron chi connectivity index (χ4n) is 4.10. The molecule has 0 bridgehead atoms. The summed E-state index contributed by atoms with van der Waals surface area (Å²) in [4.78, 5) is 29.8. The summed E-state index contributed by atoms with van der Waals surface area (Å²) in [5.41, 5.74) is 1.66. The van der Waals surface area contributed by atoms with Gasteiger partial charge in [0, 0.05) is 42.9 Å². The van der Waals surface area contributed by atoms with E-state index < -0.39 is 0 Å². The number of hydrogen-bond acceptors (Lipinski definition) is 5. The molecule has 2 aliphatic rings. The number of benzene rings is 2. The quantitative estimate of drug-likeness (QED) is 0.651. The average molecular weight is 424 g/mol. The van der Waals surface area contributed by atoms with Gasteiger partial charge >= 0.3 is 0 Å². The molecule has 1 saturated carbocycles. The molecule has 7 heteroatoms. The average Bonchev–Trinajstić information content (AvgIpc) is 3.57. The van der Waals surface area contributed by atoms with Gasteiger partial charge in [-0.25, -0.2) is 0 Å². The van der Waals surface area contributed by atoms with Crippen molar-refractivity contribution < 1.29 is 23.8 Å². The molecule has 2 aromatic rings. The van der Waals surface area contributed by atoms with E-state index >= 15 is 0 Å². The minimum Gasteiger partial charge on any atom is -0.497 e. The van der Waals surface area contributed by atoms with Crippen molar-refractivity contribution in [3.63, 3.8) is 0 Å². The van der Waals surface area contributed by atoms with Crippen molar-refractivity contribution in [2.45, 2.75) is 31.8 Å². The zero-order chi connectivity index (χ0) is 22.0. The molecule has 1 unspecified atom stereocenters. The Morgan fingerprint density at radius 1 is 1.03 bits per heavy atom. The molecule has 0 N–H and O–H groups in total. The van der Waals surface area contributed by atoms with Crippen molar-refractivity contribution >= 4 is 17.5 Å². The third kappa shape index (κ3) is 4.45. The number of rotatable bonds is 8. The number of hydrogen-bond donors (Lipinski definition) is 0. The first-order valence-electron chi connectivity index (χ1n) is 10.5. The minimum absolute atomic E-state index is 0.0196. The highest BCUT2D eigenvalue weighted by atomic mass is 16.5. The first-order chi connectivity index (χ1) is 15.0. The molecule has 164 valence electrons. The molecule has 0 radical (unpaired) electrons. The molecule has 1 heterocycles. The maximum Gasteiger partial charge on any atom is 0.228 e. The van der Waals surface area contributed by atoms with Gasteiger partial charge in [0.1, 0.15) is 17.2 Å². The number of carbonyl (C=O) groups excluding carboxylic acids is 2. The highest BCUT2D eigenvalue weighted by Crippen LogP contribution is 2.35. The lowest BCUT2D eigenvalue weighted by Crippen LogP contribution is -2.38. The van der Waals surface area contributed by atoms with Crippen LogP contribution in [0.4, 0.5) is 5.69 Å². The van der Waals surface area contributed by atoms with Crippen molar-refractivity contribution in [2.24, 2.45) is 5.92 Å². The van der Waals surface area contributed by atoms with Crippen LogP contribution in [0.25, 0.3) is 0 Å². The molecular formula is C24H28N2O5. The van der Waals surface area contributed by atoms with Crippen molar-refractivity contribution in [1.82, 2.24) is 4.90 Å². The number of methoxy groups -OCH3 is 3. The predicted molar refractivity (Wildman–Crippen MR) is 117 cm³/mol. The Labute approximate surface area is 182 Å². The van der Waals surface area contributed by atoms with E-state index in [0.717, 1.165) is 35.6 Å². The topological polar surface area (TPSA) is 68.3 Å². The van der Waals surface area contributed by atoms with Gasteiger partial charge in [-0.15, -0.1) is 0 Å². The first kappa shape index (κ1) is 21.0. The highest BCUT2D eigenvalue weighted by Gasteiger charge is 2.41. The lowest BCUT2D eigenvalue weighted by Gasteiger charge is -2.26. The summed E-state index contributed by atoms with van der Waals surface area (Å²) in [6, 6.07) is 13.2. The van der Waals surface area contributed by atoms with Crippen LogP contribution in [0, 0.1) is 5.92 Å². The fraction of sp³-hybridized carbons (Fsp3) is 0.417. The van der Waals surface area contributed by atoms with Crippen LogP contribution in [0.2, 0.25) is 0 Å². The lowest BCUT2D eigenvalue weighted by molar-refractivity contribution is -0.137. The molecule has 2 fully saturated rings. The molecular weight excluding hydrogens is 396 g/mol. The van der Waals surface area contributed by atoms with Crippen LogP contribution in [-0.2, 0) is 16.1 Å². The molecule has 0 aromatic heterocycles. The summed E-state index contributed by atoms with van der Waals surface area (Å²) in [6.07, 6.45) is 2.19. The van der Waals surface area contributed by atoms with Crippen LogP contribution >= 0.6 is 0 Å². The Morgan fingerprint density at radius 3 is 2.45 bits per heavy atom. The van der Waals surface area contributed by atoms with Gasteiger partial charge in [0.05, 0.1) is 27.2 Å². The molecule has 2 amide bonds. The van der Waals surface area contributed by atoms with E-state index in [1.165, 1.54) is 0 Å². The Balaban J connectivity index is 1.52. The molecule has 0 spiro atoms. The summed E-state index contributed by atoms with van der Waals surface area (Å²) >= 11 is 0. The number of amides is 2. The van der Waals surface area contributed by atoms with Crippen molar-refractivity contribution in [3.8, 4) is 17.2 Å². The van der Waals surface area contributed by atoms with Gasteiger partial charge < -0.3 is 24.0 Å². The number of ether oxygens (including phenoxy) is 3. The number of anilines is 1. The van der Waals surface area contributed by atoms with Gasteiger partial charge in [0.15, 0.2) is 0 Å². The largest absolute Gasteiger partial charge is 0.497 e. The predicted octanol–water partition coefficient (Wildman–Crippen LogP) is 3.26. The van der Waals surface area contributed by atoms with Gasteiger partial charge in [-0.1, -0.05) is 6.07 Å². The molecule has 31 heavy (non-hydrogen) atoms. The number of nitrogens with zero attached hydrogens (tertiary/aromatic N) is 2. The van der Waals surface area contributed by atoms with E-state index in [4.69, 9.17) is 14.2 Å². The SMILES string of the molecule is COc1cccc(N2CC(C(=O)N(Cc3cc(OC)ccc3OC)C3CC3)CC2=O)c1. The summed E-state index contributed by atoms with van der Waals surface area (Å²) in [5, 5.41) is 0. The molecule has 1 saturated heterocycles.